The van der Waals surface area contributed by atoms with Crippen molar-refractivity contribution in [2.24, 2.45) is 0 Å². The Morgan fingerprint density at radius 1 is 1.25 bits per heavy atom. The van der Waals surface area contributed by atoms with Crippen LogP contribution in [0.4, 0.5) is 5.69 Å². The van der Waals surface area contributed by atoms with Gasteiger partial charge in [0, 0.05) is 19.2 Å². The van der Waals surface area contributed by atoms with Gasteiger partial charge < -0.3 is 18.9 Å². The third kappa shape index (κ3) is 1.52. The van der Waals surface area contributed by atoms with Crippen molar-refractivity contribution in [1.29, 1.82) is 0 Å². The Balaban J connectivity index is 2.47. The van der Waals surface area contributed by atoms with Crippen LogP contribution in [0.25, 0.3) is 0 Å². The van der Waals surface area contributed by atoms with Crippen LogP contribution >= 0.6 is 0 Å². The third-order valence-corrected chi connectivity index (χ3v) is 2.33. The molecule has 0 radical (unpaired) electrons. The first-order valence-electron chi connectivity index (χ1n) is 4.65. The Labute approximate surface area is 92.8 Å². The van der Waals surface area contributed by atoms with Crippen molar-refractivity contribution in [1.82, 2.24) is 0 Å². The van der Waals surface area contributed by atoms with Gasteiger partial charge in [-0.1, -0.05) is 0 Å². The number of methoxy groups -OCH3 is 3. The Hall–Kier alpha value is -1.66. The van der Waals surface area contributed by atoms with E-state index in [1.807, 2.05) is 0 Å². The maximum atomic E-state index is 9.75. The normalized spacial score (nSPS) is 18.0. The lowest BCUT2D eigenvalue weighted by molar-refractivity contribution is -0.0843. The van der Waals surface area contributed by atoms with Gasteiger partial charge in [0.25, 0.3) is 0 Å². The van der Waals surface area contributed by atoms with Crippen LogP contribution in [0.3, 0.4) is 0 Å². The number of hydroxylamine groups is 1. The minimum Gasteiger partial charge on any atom is -0.497 e. The quantitative estimate of drug-likeness (QED) is 0.837. The Bertz CT molecular complexity index is 395. The maximum absolute atomic E-state index is 9.75. The number of hydrogen-bond acceptors (Lipinski definition) is 6. The van der Waals surface area contributed by atoms with Crippen LogP contribution in [0, 0.1) is 0 Å². The number of rotatable bonds is 3. The molecule has 0 amide bonds. The molecule has 88 valence electrons. The van der Waals surface area contributed by atoms with Crippen LogP contribution in [0.5, 0.6) is 17.2 Å². The molecule has 0 fully saturated rings. The Kier molecular flexibility index (Phi) is 2.76. The highest BCUT2D eigenvalue weighted by Crippen LogP contribution is 2.46. The molecular formula is C10H13NO5. The zero-order valence-corrected chi connectivity index (χ0v) is 9.26. The summed E-state index contributed by atoms with van der Waals surface area (Å²) in [6.07, 6.45) is -0.865. The summed E-state index contributed by atoms with van der Waals surface area (Å²) in [5.41, 5.74) is 0.447. The summed E-state index contributed by atoms with van der Waals surface area (Å²) >= 11 is 0. The summed E-state index contributed by atoms with van der Waals surface area (Å²) in [4.78, 5) is 0. The number of ether oxygens (including phenoxy) is 4. The van der Waals surface area contributed by atoms with Gasteiger partial charge in [0.2, 0.25) is 0 Å². The van der Waals surface area contributed by atoms with Gasteiger partial charge >= 0.3 is 6.41 Å². The van der Waals surface area contributed by atoms with E-state index in [0.717, 1.165) is 5.06 Å². The Morgan fingerprint density at radius 2 is 2.00 bits per heavy atom. The lowest BCUT2D eigenvalue weighted by Gasteiger charge is -2.15. The maximum Gasteiger partial charge on any atom is 0.306 e. The second-order valence-electron chi connectivity index (χ2n) is 3.18. The molecule has 0 saturated heterocycles. The molecule has 0 spiro atoms. The van der Waals surface area contributed by atoms with Gasteiger partial charge in [0.15, 0.2) is 11.5 Å². The van der Waals surface area contributed by atoms with E-state index < -0.39 is 6.41 Å². The molecular weight excluding hydrogens is 214 g/mol. The molecule has 0 aromatic heterocycles. The van der Waals surface area contributed by atoms with E-state index in [1.54, 1.807) is 12.1 Å². The number of anilines is 1. The van der Waals surface area contributed by atoms with Crippen LogP contribution in [0.2, 0.25) is 0 Å². The zero-order valence-electron chi connectivity index (χ0n) is 9.26. The highest BCUT2D eigenvalue weighted by molar-refractivity contribution is 5.69. The molecule has 16 heavy (non-hydrogen) atoms. The van der Waals surface area contributed by atoms with Gasteiger partial charge in [-0.25, -0.2) is 0 Å². The third-order valence-electron chi connectivity index (χ3n) is 2.33. The number of nitrogens with zero attached hydrogens (tertiary/aromatic N) is 1. The van der Waals surface area contributed by atoms with E-state index in [2.05, 4.69) is 0 Å². The van der Waals surface area contributed by atoms with Gasteiger partial charge in [0.05, 0.1) is 14.2 Å². The first-order chi connectivity index (χ1) is 7.71. The molecule has 0 saturated carbocycles. The van der Waals surface area contributed by atoms with Crippen LogP contribution < -0.4 is 19.3 Å². The van der Waals surface area contributed by atoms with E-state index in [-0.39, 0.29) is 0 Å². The van der Waals surface area contributed by atoms with Crippen molar-refractivity contribution in [3.8, 4) is 17.2 Å². The fourth-order valence-electron chi connectivity index (χ4n) is 1.53. The zero-order chi connectivity index (χ0) is 11.7. The van der Waals surface area contributed by atoms with Crippen LogP contribution in [0.15, 0.2) is 12.1 Å². The molecule has 1 aromatic carbocycles. The smallest absolute Gasteiger partial charge is 0.306 e. The summed E-state index contributed by atoms with van der Waals surface area (Å²) in [6, 6.07) is 3.31. The second kappa shape index (κ2) is 4.07. The molecule has 1 atom stereocenters. The average molecular weight is 227 g/mol. The molecule has 6 nitrogen and oxygen atoms in total. The number of hydrogen-bond donors (Lipinski definition) is 1. The average Bonchev–Trinajstić information content (AvgIpc) is 2.65. The largest absolute Gasteiger partial charge is 0.497 e. The monoisotopic (exact) mass is 227 g/mol. The molecule has 1 aromatic rings. The lowest BCUT2D eigenvalue weighted by atomic mass is 10.2. The van der Waals surface area contributed by atoms with Crippen molar-refractivity contribution < 1.29 is 24.2 Å². The van der Waals surface area contributed by atoms with E-state index in [1.165, 1.54) is 21.3 Å². The van der Waals surface area contributed by atoms with E-state index in [4.69, 9.17) is 18.9 Å². The van der Waals surface area contributed by atoms with Crippen LogP contribution in [-0.2, 0) is 4.74 Å². The highest BCUT2D eigenvalue weighted by atomic mass is 16.8. The highest BCUT2D eigenvalue weighted by Gasteiger charge is 2.33. The topological polar surface area (TPSA) is 60.4 Å². The minimum atomic E-state index is -0.865. The van der Waals surface area contributed by atoms with Gasteiger partial charge in [-0.15, -0.1) is 0 Å². The van der Waals surface area contributed by atoms with Crippen molar-refractivity contribution in [3.05, 3.63) is 12.1 Å². The molecule has 0 bridgehead atoms. The molecule has 1 heterocycles. The predicted molar refractivity (Wildman–Crippen MR) is 55.2 cm³/mol. The van der Waals surface area contributed by atoms with E-state index in [0.29, 0.717) is 22.9 Å². The first-order valence-corrected chi connectivity index (χ1v) is 4.65. The Morgan fingerprint density at radius 3 is 2.56 bits per heavy atom. The lowest BCUT2D eigenvalue weighted by Crippen LogP contribution is -2.32. The molecule has 1 unspecified atom stereocenters. The fourth-order valence-corrected chi connectivity index (χ4v) is 1.53. The molecule has 1 N–H and O–H groups in total. The summed E-state index contributed by atoms with van der Waals surface area (Å²) in [7, 11) is 4.48. The molecule has 1 aliphatic heterocycles. The van der Waals surface area contributed by atoms with Gasteiger partial charge in [-0.3, -0.25) is 5.21 Å². The predicted octanol–water partition coefficient (Wildman–Crippen LogP) is 1.22. The molecule has 0 aliphatic carbocycles. The summed E-state index contributed by atoms with van der Waals surface area (Å²) in [5.74, 6) is 1.47. The number of fused-ring (bicyclic) bond motifs is 1. The van der Waals surface area contributed by atoms with Crippen LogP contribution in [-0.4, -0.2) is 33.0 Å². The molecule has 1 aliphatic rings. The van der Waals surface area contributed by atoms with Crippen molar-refractivity contribution in [2.45, 2.75) is 6.41 Å². The summed E-state index contributed by atoms with van der Waals surface area (Å²) < 4.78 is 20.5. The van der Waals surface area contributed by atoms with Gasteiger partial charge in [-0.2, -0.15) is 5.06 Å². The standard InChI is InChI=1S/C10H13NO5/c1-13-6-4-7-9(8(5-6)14-2)16-10(15-3)11(7)12/h4-5,10,12H,1-3H3. The second-order valence-corrected chi connectivity index (χ2v) is 3.18. The van der Waals surface area contributed by atoms with Gasteiger partial charge in [-0.05, 0) is 0 Å². The van der Waals surface area contributed by atoms with E-state index in [9.17, 15) is 5.21 Å². The summed E-state index contributed by atoms with van der Waals surface area (Å²) in [6.45, 7) is 0. The van der Waals surface area contributed by atoms with E-state index >= 15 is 0 Å². The minimum absolute atomic E-state index is 0.428. The first kappa shape index (κ1) is 10.8. The van der Waals surface area contributed by atoms with Crippen molar-refractivity contribution in [3.63, 3.8) is 0 Å². The number of benzene rings is 1. The summed E-state index contributed by atoms with van der Waals surface area (Å²) in [5, 5.41) is 10.6. The van der Waals surface area contributed by atoms with Crippen LogP contribution in [0.1, 0.15) is 0 Å². The SMILES string of the molecule is COc1cc(OC)c2c(c1)N(O)C(OC)O2. The van der Waals surface area contributed by atoms with Gasteiger partial charge in [0.1, 0.15) is 11.4 Å². The van der Waals surface area contributed by atoms with Crippen molar-refractivity contribution >= 4 is 5.69 Å². The fraction of sp³-hybridized carbons (Fsp3) is 0.400. The molecule has 2 rings (SSSR count). The molecule has 6 heteroatoms. The van der Waals surface area contributed by atoms with Crippen molar-refractivity contribution in [2.75, 3.05) is 26.4 Å².